The van der Waals surface area contributed by atoms with E-state index in [4.69, 9.17) is 14.5 Å². The summed E-state index contributed by atoms with van der Waals surface area (Å²) in [6.07, 6.45) is 0. The van der Waals surface area contributed by atoms with Crippen LogP contribution in [-0.2, 0) is 0 Å². The molecule has 0 radical (unpaired) electrons. The summed E-state index contributed by atoms with van der Waals surface area (Å²) in [6.45, 7) is 4.95. The average molecular weight is 398 g/mol. The van der Waals surface area contributed by atoms with Gasteiger partial charge in [0.05, 0.1) is 24.4 Å². The van der Waals surface area contributed by atoms with Crippen LogP contribution in [0.25, 0.3) is 10.2 Å². The van der Waals surface area contributed by atoms with Crippen molar-refractivity contribution in [3.63, 3.8) is 0 Å². The van der Waals surface area contributed by atoms with E-state index in [1.165, 1.54) is 10.3 Å². The minimum atomic E-state index is -0.00278. The molecule has 1 amide bonds. The highest BCUT2D eigenvalue weighted by Gasteiger charge is 2.25. The Morgan fingerprint density at radius 3 is 2.32 bits per heavy atom. The fourth-order valence-electron chi connectivity index (χ4n) is 3.42. The van der Waals surface area contributed by atoms with Gasteiger partial charge in [-0.25, -0.2) is 4.98 Å². The number of carbonyl (C=O) groups excluding carboxylic acids is 1. The Bertz CT molecular complexity index is 987. The molecule has 0 aliphatic carbocycles. The summed E-state index contributed by atoms with van der Waals surface area (Å²) < 4.78 is 11.8. The number of aromatic nitrogens is 1. The monoisotopic (exact) mass is 397 g/mol. The summed E-state index contributed by atoms with van der Waals surface area (Å²) in [5.74, 6) is 1.23. The number of fused-ring (bicyclic) bond motifs is 1. The van der Waals surface area contributed by atoms with Crippen LogP contribution in [0.4, 0.5) is 5.13 Å². The quantitative estimate of drug-likeness (QED) is 0.674. The molecule has 2 heterocycles. The molecule has 146 valence electrons. The van der Waals surface area contributed by atoms with Crippen LogP contribution in [0.5, 0.6) is 11.5 Å². The highest BCUT2D eigenvalue weighted by Crippen LogP contribution is 2.31. The van der Waals surface area contributed by atoms with Crippen LogP contribution < -0.4 is 14.4 Å². The van der Waals surface area contributed by atoms with E-state index in [1.807, 2.05) is 4.90 Å². The van der Waals surface area contributed by atoms with Crippen molar-refractivity contribution in [2.24, 2.45) is 0 Å². The van der Waals surface area contributed by atoms with Crippen LogP contribution >= 0.6 is 11.3 Å². The number of amides is 1. The largest absolute Gasteiger partial charge is 0.497 e. The molecule has 6 nitrogen and oxygen atoms in total. The lowest BCUT2D eigenvalue weighted by molar-refractivity contribution is 0.0746. The van der Waals surface area contributed by atoms with Gasteiger partial charge >= 0.3 is 0 Å². The van der Waals surface area contributed by atoms with E-state index >= 15 is 0 Å². The first-order valence-electron chi connectivity index (χ1n) is 9.22. The third-order valence-corrected chi connectivity index (χ3v) is 6.13. The Morgan fingerprint density at radius 1 is 1.04 bits per heavy atom. The van der Waals surface area contributed by atoms with E-state index in [2.05, 4.69) is 30.0 Å². The summed E-state index contributed by atoms with van der Waals surface area (Å²) in [4.78, 5) is 21.9. The molecule has 1 aromatic heterocycles. The van der Waals surface area contributed by atoms with Crippen molar-refractivity contribution in [2.75, 3.05) is 45.3 Å². The molecular formula is C21H23N3O3S. The van der Waals surface area contributed by atoms with Gasteiger partial charge in [0.1, 0.15) is 11.5 Å². The number of carbonyl (C=O) groups is 1. The number of ether oxygens (including phenoxy) is 2. The first-order chi connectivity index (χ1) is 13.6. The summed E-state index contributed by atoms with van der Waals surface area (Å²) >= 11 is 1.71. The van der Waals surface area contributed by atoms with Crippen molar-refractivity contribution >= 4 is 32.6 Å². The van der Waals surface area contributed by atoms with Crippen LogP contribution in [0.3, 0.4) is 0 Å². The number of methoxy groups -OCH3 is 2. The highest BCUT2D eigenvalue weighted by atomic mass is 32.1. The third-order valence-electron chi connectivity index (χ3n) is 5.05. The van der Waals surface area contributed by atoms with Gasteiger partial charge in [-0.3, -0.25) is 4.79 Å². The molecule has 1 saturated heterocycles. The number of nitrogens with zero attached hydrogens (tertiary/aromatic N) is 3. The number of para-hydroxylation sites is 1. The molecular weight excluding hydrogens is 374 g/mol. The van der Waals surface area contributed by atoms with E-state index in [0.29, 0.717) is 30.2 Å². The van der Waals surface area contributed by atoms with Crippen LogP contribution in [0.1, 0.15) is 15.9 Å². The van der Waals surface area contributed by atoms with E-state index in [1.54, 1.807) is 43.8 Å². The molecule has 0 spiro atoms. The third kappa shape index (κ3) is 3.49. The van der Waals surface area contributed by atoms with Crippen molar-refractivity contribution in [3.05, 3.63) is 47.5 Å². The smallest absolute Gasteiger partial charge is 0.254 e. The second kappa shape index (κ2) is 7.67. The Hall–Kier alpha value is -2.80. The number of benzene rings is 2. The lowest BCUT2D eigenvalue weighted by Gasteiger charge is -2.34. The molecule has 0 saturated carbocycles. The van der Waals surface area contributed by atoms with E-state index in [9.17, 15) is 4.79 Å². The highest BCUT2D eigenvalue weighted by molar-refractivity contribution is 7.22. The maximum atomic E-state index is 12.9. The lowest BCUT2D eigenvalue weighted by atomic mass is 10.1. The number of hydrogen-bond acceptors (Lipinski definition) is 6. The maximum absolute atomic E-state index is 12.9. The Morgan fingerprint density at radius 2 is 1.71 bits per heavy atom. The minimum Gasteiger partial charge on any atom is -0.497 e. The fourth-order valence-corrected chi connectivity index (χ4v) is 4.52. The zero-order valence-electron chi connectivity index (χ0n) is 16.3. The van der Waals surface area contributed by atoms with Crippen LogP contribution in [0.2, 0.25) is 0 Å². The van der Waals surface area contributed by atoms with Gasteiger partial charge in [-0.05, 0) is 30.7 Å². The normalized spacial score (nSPS) is 14.4. The number of rotatable bonds is 4. The molecule has 0 atom stereocenters. The standard InChI is InChI=1S/C21H23N3O3S/c1-14-5-4-6-18-19(14)22-21(28-18)24-9-7-23(8-10-24)20(25)15-11-16(26-2)13-17(12-15)27-3/h4-6,11-13H,7-10H2,1-3H3. The molecule has 1 aliphatic heterocycles. The minimum absolute atomic E-state index is 0.00278. The van der Waals surface area contributed by atoms with Gasteiger partial charge in [0.15, 0.2) is 5.13 Å². The SMILES string of the molecule is COc1cc(OC)cc(C(=O)N2CCN(c3nc4c(C)cccc4s3)CC2)c1. The Labute approximate surface area is 168 Å². The fraction of sp³-hybridized carbons (Fsp3) is 0.333. The Balaban J connectivity index is 1.47. The number of aryl methyl sites for hydroxylation is 1. The molecule has 0 bridgehead atoms. The second-order valence-corrected chi connectivity index (χ2v) is 7.81. The summed E-state index contributed by atoms with van der Waals surface area (Å²) in [6, 6.07) is 11.5. The molecule has 0 unspecified atom stereocenters. The topological polar surface area (TPSA) is 54.9 Å². The van der Waals surface area contributed by atoms with E-state index in [0.717, 1.165) is 23.7 Å². The molecule has 1 aliphatic rings. The van der Waals surface area contributed by atoms with Crippen LogP contribution in [-0.4, -0.2) is 56.2 Å². The summed E-state index contributed by atoms with van der Waals surface area (Å²) in [5.41, 5.74) is 2.85. The van der Waals surface area contributed by atoms with E-state index in [-0.39, 0.29) is 5.91 Å². The summed E-state index contributed by atoms with van der Waals surface area (Å²) in [7, 11) is 3.17. The molecule has 7 heteroatoms. The van der Waals surface area contributed by atoms with Crippen LogP contribution in [0.15, 0.2) is 36.4 Å². The van der Waals surface area contributed by atoms with Crippen molar-refractivity contribution in [1.29, 1.82) is 0 Å². The average Bonchev–Trinajstić information content (AvgIpc) is 3.18. The molecule has 0 N–H and O–H groups in total. The second-order valence-electron chi connectivity index (χ2n) is 6.80. The molecule has 4 rings (SSSR count). The number of thiazole rings is 1. The van der Waals surface area contributed by atoms with Gasteiger partial charge in [0, 0.05) is 37.8 Å². The van der Waals surface area contributed by atoms with Gasteiger partial charge in [0.2, 0.25) is 0 Å². The van der Waals surface area contributed by atoms with Crippen LogP contribution in [0, 0.1) is 6.92 Å². The van der Waals surface area contributed by atoms with E-state index < -0.39 is 0 Å². The van der Waals surface area contributed by atoms with Crippen molar-refractivity contribution in [3.8, 4) is 11.5 Å². The molecule has 28 heavy (non-hydrogen) atoms. The number of piperazine rings is 1. The molecule has 2 aromatic carbocycles. The first-order valence-corrected chi connectivity index (χ1v) is 10.0. The Kier molecular flexibility index (Phi) is 5.09. The molecule has 3 aromatic rings. The van der Waals surface area contributed by atoms with Crippen molar-refractivity contribution in [2.45, 2.75) is 6.92 Å². The van der Waals surface area contributed by atoms with Crippen molar-refractivity contribution in [1.82, 2.24) is 9.88 Å². The first kappa shape index (κ1) is 18.6. The lowest BCUT2D eigenvalue weighted by Crippen LogP contribution is -2.48. The molecule has 1 fully saturated rings. The number of hydrogen-bond donors (Lipinski definition) is 0. The predicted molar refractivity (Wildman–Crippen MR) is 112 cm³/mol. The summed E-state index contributed by atoms with van der Waals surface area (Å²) in [5, 5.41) is 1.03. The van der Waals surface area contributed by atoms with Crippen molar-refractivity contribution < 1.29 is 14.3 Å². The van der Waals surface area contributed by atoms with Gasteiger partial charge in [0.25, 0.3) is 5.91 Å². The number of anilines is 1. The zero-order valence-corrected chi connectivity index (χ0v) is 17.1. The van der Waals surface area contributed by atoms with Gasteiger partial charge in [-0.15, -0.1) is 0 Å². The van der Waals surface area contributed by atoms with Gasteiger partial charge in [-0.1, -0.05) is 23.5 Å². The van der Waals surface area contributed by atoms with Gasteiger partial charge < -0.3 is 19.3 Å². The predicted octanol–water partition coefficient (Wildman–Crippen LogP) is 3.58. The van der Waals surface area contributed by atoms with Gasteiger partial charge in [-0.2, -0.15) is 0 Å². The zero-order chi connectivity index (χ0) is 19.7. The maximum Gasteiger partial charge on any atom is 0.254 e.